The Hall–Kier alpha value is -2.79. The maximum atomic E-state index is 12.2. The second-order valence-corrected chi connectivity index (χ2v) is 6.17. The van der Waals surface area contributed by atoms with E-state index in [9.17, 15) is 4.79 Å². The number of carbonyl (C=O) groups is 1. The molecule has 0 fully saturated rings. The Kier molecular flexibility index (Phi) is 5.05. The average molecular weight is 355 g/mol. The molecule has 6 heteroatoms. The van der Waals surface area contributed by atoms with Crippen molar-refractivity contribution in [3.63, 3.8) is 0 Å². The zero-order chi connectivity index (χ0) is 17.8. The molecule has 0 saturated carbocycles. The zero-order valence-electron chi connectivity index (χ0n) is 14.0. The van der Waals surface area contributed by atoms with Crippen molar-refractivity contribution in [3.8, 4) is 0 Å². The third kappa shape index (κ3) is 4.00. The van der Waals surface area contributed by atoms with Crippen LogP contribution in [0.1, 0.15) is 29.0 Å². The number of nitrogens with one attached hydrogen (secondary N) is 2. The third-order valence-corrected chi connectivity index (χ3v) is 4.26. The van der Waals surface area contributed by atoms with Crippen LogP contribution in [-0.2, 0) is 7.05 Å². The molecule has 0 aliphatic heterocycles. The number of rotatable bonds is 5. The van der Waals surface area contributed by atoms with Crippen LogP contribution in [-0.4, -0.2) is 15.7 Å². The molecule has 3 aromatic rings. The van der Waals surface area contributed by atoms with Crippen molar-refractivity contribution in [3.05, 3.63) is 77.1 Å². The molecule has 0 aliphatic rings. The van der Waals surface area contributed by atoms with E-state index in [4.69, 9.17) is 11.6 Å². The first-order chi connectivity index (χ1) is 12.0. The van der Waals surface area contributed by atoms with Crippen molar-refractivity contribution in [1.29, 1.82) is 0 Å². The summed E-state index contributed by atoms with van der Waals surface area (Å²) in [6, 6.07) is 17.3. The van der Waals surface area contributed by atoms with Crippen LogP contribution in [0, 0.1) is 0 Å². The molecular weight excluding hydrogens is 336 g/mol. The predicted molar refractivity (Wildman–Crippen MR) is 101 cm³/mol. The largest absolute Gasteiger partial charge is 0.377 e. The van der Waals surface area contributed by atoms with Gasteiger partial charge in [-0.3, -0.25) is 9.48 Å². The number of amides is 1. The molecule has 1 amide bonds. The number of nitrogens with zero attached hydrogens (tertiary/aromatic N) is 2. The van der Waals surface area contributed by atoms with Crippen LogP contribution in [0.4, 0.5) is 11.4 Å². The fourth-order valence-electron chi connectivity index (χ4n) is 2.56. The van der Waals surface area contributed by atoms with Gasteiger partial charge in [0.15, 0.2) is 0 Å². The summed E-state index contributed by atoms with van der Waals surface area (Å²) < 4.78 is 1.52. The van der Waals surface area contributed by atoms with Crippen molar-refractivity contribution in [1.82, 2.24) is 9.78 Å². The van der Waals surface area contributed by atoms with Gasteiger partial charge in [-0.1, -0.05) is 41.9 Å². The molecule has 5 nitrogen and oxygen atoms in total. The molecular formula is C19H19ClN4O. The van der Waals surface area contributed by atoms with E-state index in [2.05, 4.69) is 34.8 Å². The van der Waals surface area contributed by atoms with Crippen molar-refractivity contribution in [2.24, 2.45) is 7.05 Å². The predicted octanol–water partition coefficient (Wildman–Crippen LogP) is 4.50. The molecule has 0 aliphatic carbocycles. The molecule has 0 saturated heterocycles. The van der Waals surface area contributed by atoms with Crippen LogP contribution < -0.4 is 10.6 Å². The van der Waals surface area contributed by atoms with E-state index in [0.717, 1.165) is 5.69 Å². The quantitative estimate of drug-likeness (QED) is 0.709. The van der Waals surface area contributed by atoms with Gasteiger partial charge in [0.2, 0.25) is 0 Å². The highest BCUT2D eigenvalue weighted by atomic mass is 35.5. The Morgan fingerprint density at radius 1 is 1.16 bits per heavy atom. The Balaban J connectivity index is 1.71. The lowest BCUT2D eigenvalue weighted by atomic mass is 10.1. The fraction of sp³-hybridized carbons (Fsp3) is 0.158. The van der Waals surface area contributed by atoms with Crippen molar-refractivity contribution in [2.75, 3.05) is 10.6 Å². The van der Waals surface area contributed by atoms with Gasteiger partial charge >= 0.3 is 0 Å². The molecule has 0 radical (unpaired) electrons. The molecule has 128 valence electrons. The molecule has 1 heterocycles. The van der Waals surface area contributed by atoms with Gasteiger partial charge in [0, 0.05) is 25.0 Å². The Morgan fingerprint density at radius 2 is 1.92 bits per heavy atom. The fourth-order valence-corrected chi connectivity index (χ4v) is 2.80. The van der Waals surface area contributed by atoms with Gasteiger partial charge in [-0.15, -0.1) is 0 Å². The Labute approximate surface area is 151 Å². The first-order valence-electron chi connectivity index (χ1n) is 7.95. The second-order valence-electron chi connectivity index (χ2n) is 5.77. The van der Waals surface area contributed by atoms with E-state index in [1.165, 1.54) is 10.2 Å². The number of hydrogen-bond acceptors (Lipinski definition) is 3. The smallest absolute Gasteiger partial charge is 0.273 e. The summed E-state index contributed by atoms with van der Waals surface area (Å²) in [5.74, 6) is -0.227. The summed E-state index contributed by atoms with van der Waals surface area (Å²) in [6.45, 7) is 2.07. The number of aryl methyl sites for hydroxylation is 1. The molecule has 1 unspecified atom stereocenters. The van der Waals surface area contributed by atoms with Gasteiger partial charge < -0.3 is 10.6 Å². The lowest BCUT2D eigenvalue weighted by molar-refractivity contribution is 0.101. The monoisotopic (exact) mass is 354 g/mol. The highest BCUT2D eigenvalue weighted by Crippen LogP contribution is 2.29. The normalized spacial score (nSPS) is 11.8. The average Bonchev–Trinajstić information content (AvgIpc) is 3.04. The number of hydrogen-bond donors (Lipinski definition) is 2. The third-order valence-electron chi connectivity index (χ3n) is 3.95. The standard InChI is InChI=1S/C19H19ClN4O/c1-13(14-6-4-3-5-7-14)22-17-9-8-15(12-16(17)20)23-19(25)18-10-11-21-24(18)2/h3-13,22H,1-2H3,(H,23,25). The highest BCUT2D eigenvalue weighted by molar-refractivity contribution is 6.33. The molecule has 1 aromatic heterocycles. The second kappa shape index (κ2) is 7.40. The molecule has 2 N–H and O–H groups in total. The van der Waals surface area contributed by atoms with Gasteiger partial charge in [-0.2, -0.15) is 5.10 Å². The number of halogens is 1. The van der Waals surface area contributed by atoms with E-state index in [0.29, 0.717) is 16.4 Å². The lowest BCUT2D eigenvalue weighted by Crippen LogP contribution is -2.16. The van der Waals surface area contributed by atoms with E-state index in [1.54, 1.807) is 25.4 Å². The minimum Gasteiger partial charge on any atom is -0.377 e. The SMILES string of the molecule is CC(Nc1ccc(NC(=O)c2ccnn2C)cc1Cl)c1ccccc1. The number of anilines is 2. The molecule has 25 heavy (non-hydrogen) atoms. The summed E-state index contributed by atoms with van der Waals surface area (Å²) in [6.07, 6.45) is 1.58. The van der Waals surface area contributed by atoms with Gasteiger partial charge in [0.25, 0.3) is 5.91 Å². The van der Waals surface area contributed by atoms with E-state index in [1.807, 2.05) is 30.3 Å². The van der Waals surface area contributed by atoms with Crippen LogP contribution in [0.2, 0.25) is 5.02 Å². The van der Waals surface area contributed by atoms with Crippen molar-refractivity contribution in [2.45, 2.75) is 13.0 Å². The summed E-state index contributed by atoms with van der Waals surface area (Å²) in [5.41, 5.74) is 3.11. The molecule has 3 rings (SSSR count). The van der Waals surface area contributed by atoms with Crippen LogP contribution >= 0.6 is 11.6 Å². The van der Waals surface area contributed by atoms with E-state index >= 15 is 0 Å². The summed E-state index contributed by atoms with van der Waals surface area (Å²) in [7, 11) is 1.72. The summed E-state index contributed by atoms with van der Waals surface area (Å²) in [5, 5.41) is 10.8. The number of carbonyl (C=O) groups excluding carboxylic acids is 1. The first-order valence-corrected chi connectivity index (χ1v) is 8.33. The van der Waals surface area contributed by atoms with Crippen molar-refractivity contribution >= 4 is 28.9 Å². The summed E-state index contributed by atoms with van der Waals surface area (Å²) >= 11 is 6.37. The highest BCUT2D eigenvalue weighted by Gasteiger charge is 2.12. The Bertz CT molecular complexity index is 876. The maximum absolute atomic E-state index is 12.2. The van der Waals surface area contributed by atoms with Gasteiger partial charge in [-0.05, 0) is 36.8 Å². The molecule has 1 atom stereocenters. The molecule has 0 spiro atoms. The van der Waals surface area contributed by atoms with Crippen LogP contribution in [0.5, 0.6) is 0 Å². The first kappa shape index (κ1) is 17.0. The maximum Gasteiger partial charge on any atom is 0.273 e. The molecule has 2 aromatic carbocycles. The van der Waals surface area contributed by atoms with E-state index in [-0.39, 0.29) is 11.9 Å². The van der Waals surface area contributed by atoms with Crippen molar-refractivity contribution < 1.29 is 4.79 Å². The van der Waals surface area contributed by atoms with Crippen LogP contribution in [0.3, 0.4) is 0 Å². The minimum atomic E-state index is -0.227. The number of aromatic nitrogens is 2. The lowest BCUT2D eigenvalue weighted by Gasteiger charge is -2.17. The van der Waals surface area contributed by atoms with Gasteiger partial charge in [-0.25, -0.2) is 0 Å². The van der Waals surface area contributed by atoms with Crippen LogP contribution in [0.15, 0.2) is 60.8 Å². The Morgan fingerprint density at radius 3 is 2.56 bits per heavy atom. The minimum absolute atomic E-state index is 0.119. The molecule has 0 bridgehead atoms. The topological polar surface area (TPSA) is 58.9 Å². The number of benzene rings is 2. The van der Waals surface area contributed by atoms with Gasteiger partial charge in [0.1, 0.15) is 5.69 Å². The summed E-state index contributed by atoms with van der Waals surface area (Å²) in [4.78, 5) is 12.2. The van der Waals surface area contributed by atoms with E-state index < -0.39 is 0 Å². The zero-order valence-corrected chi connectivity index (χ0v) is 14.8. The van der Waals surface area contributed by atoms with Gasteiger partial charge in [0.05, 0.1) is 10.7 Å². The van der Waals surface area contributed by atoms with Crippen LogP contribution in [0.25, 0.3) is 0 Å².